The molecule has 0 bridgehead atoms. The van der Waals surface area contributed by atoms with Gasteiger partial charge in [-0.2, -0.15) is 18.3 Å². The van der Waals surface area contributed by atoms with Crippen LogP contribution in [0.4, 0.5) is 18.9 Å². The molecule has 2 rings (SSSR count). The number of benzene rings is 1. The number of aromatic nitrogens is 2. The summed E-state index contributed by atoms with van der Waals surface area (Å²) in [7, 11) is 1.82. The van der Waals surface area contributed by atoms with Crippen molar-refractivity contribution in [3.8, 4) is 0 Å². The van der Waals surface area contributed by atoms with Gasteiger partial charge in [0.25, 0.3) is 0 Å². The lowest BCUT2D eigenvalue weighted by Gasteiger charge is -2.12. The van der Waals surface area contributed by atoms with Crippen molar-refractivity contribution < 1.29 is 13.2 Å². The minimum atomic E-state index is -4.35. The maximum absolute atomic E-state index is 12.7. The molecule has 0 unspecified atom stereocenters. The van der Waals surface area contributed by atoms with Crippen LogP contribution < -0.4 is 5.32 Å². The molecule has 0 spiro atoms. The first-order valence-electron chi connectivity index (χ1n) is 6.43. The van der Waals surface area contributed by atoms with E-state index in [9.17, 15) is 13.2 Å². The van der Waals surface area contributed by atoms with Crippen molar-refractivity contribution in [2.75, 3.05) is 5.32 Å². The molecule has 0 atom stereocenters. The number of aryl methyl sites for hydroxylation is 2. The van der Waals surface area contributed by atoms with Crippen LogP contribution in [0.3, 0.4) is 0 Å². The van der Waals surface area contributed by atoms with E-state index >= 15 is 0 Å². The Labute approximate surface area is 129 Å². The molecule has 0 aliphatic carbocycles. The van der Waals surface area contributed by atoms with Gasteiger partial charge in [0, 0.05) is 17.2 Å². The maximum Gasteiger partial charge on any atom is 0.416 e. The van der Waals surface area contributed by atoms with E-state index in [-0.39, 0.29) is 0 Å². The monoisotopic (exact) mass is 361 g/mol. The summed E-state index contributed by atoms with van der Waals surface area (Å²) in [6.07, 6.45) is -3.53. The number of nitrogens with one attached hydrogen (secondary N) is 1. The number of hydrogen-bond acceptors (Lipinski definition) is 2. The molecule has 1 aromatic heterocycles. The van der Waals surface area contributed by atoms with E-state index in [1.807, 2.05) is 20.0 Å². The van der Waals surface area contributed by atoms with Gasteiger partial charge in [0.2, 0.25) is 0 Å². The quantitative estimate of drug-likeness (QED) is 0.875. The first-order valence-corrected chi connectivity index (χ1v) is 7.23. The Morgan fingerprint density at radius 3 is 2.57 bits per heavy atom. The molecule has 2 aromatic rings. The van der Waals surface area contributed by atoms with Crippen LogP contribution in [0.15, 0.2) is 28.7 Å². The van der Waals surface area contributed by atoms with E-state index in [4.69, 9.17) is 0 Å². The van der Waals surface area contributed by atoms with Gasteiger partial charge in [-0.1, -0.05) is 6.92 Å². The zero-order valence-electron chi connectivity index (χ0n) is 11.6. The largest absolute Gasteiger partial charge is 0.416 e. The smallest absolute Gasteiger partial charge is 0.378 e. The van der Waals surface area contributed by atoms with E-state index in [0.29, 0.717) is 16.7 Å². The summed E-state index contributed by atoms with van der Waals surface area (Å²) < 4.78 is 40.5. The first kappa shape index (κ1) is 15.9. The van der Waals surface area contributed by atoms with E-state index in [2.05, 4.69) is 26.3 Å². The highest BCUT2D eigenvalue weighted by Gasteiger charge is 2.30. The fourth-order valence-electron chi connectivity index (χ4n) is 1.93. The molecule has 0 aliphatic rings. The van der Waals surface area contributed by atoms with Gasteiger partial charge < -0.3 is 5.32 Å². The highest BCUT2D eigenvalue weighted by atomic mass is 79.9. The second-order valence-corrected chi connectivity index (χ2v) is 5.50. The molecule has 1 heterocycles. The van der Waals surface area contributed by atoms with E-state index in [0.717, 1.165) is 29.9 Å². The van der Waals surface area contributed by atoms with Crippen molar-refractivity contribution in [1.29, 1.82) is 0 Å². The fraction of sp³-hybridized carbons (Fsp3) is 0.357. The molecule has 0 fully saturated rings. The van der Waals surface area contributed by atoms with Crippen molar-refractivity contribution in [3.05, 3.63) is 45.7 Å². The predicted octanol–water partition coefficient (Wildman–Crippen LogP) is 4.38. The molecule has 0 amide bonds. The van der Waals surface area contributed by atoms with Gasteiger partial charge in [-0.15, -0.1) is 0 Å². The van der Waals surface area contributed by atoms with E-state index in [1.54, 1.807) is 4.68 Å². The van der Waals surface area contributed by atoms with Gasteiger partial charge in [-0.05, 0) is 46.6 Å². The summed E-state index contributed by atoms with van der Waals surface area (Å²) in [5.74, 6) is 0. The Balaban J connectivity index is 2.17. The molecule has 1 N–H and O–H groups in total. The number of rotatable bonds is 4. The van der Waals surface area contributed by atoms with Crippen molar-refractivity contribution >= 4 is 21.6 Å². The molecule has 1 aromatic carbocycles. The summed E-state index contributed by atoms with van der Waals surface area (Å²) >= 11 is 3.26. The lowest BCUT2D eigenvalue weighted by atomic mass is 10.2. The number of nitrogens with zero attached hydrogens (tertiary/aromatic N) is 2. The van der Waals surface area contributed by atoms with Crippen LogP contribution in [-0.2, 0) is 26.2 Å². The van der Waals surface area contributed by atoms with Crippen LogP contribution >= 0.6 is 15.9 Å². The van der Waals surface area contributed by atoms with Crippen molar-refractivity contribution in [3.63, 3.8) is 0 Å². The van der Waals surface area contributed by atoms with Crippen LogP contribution in [0.1, 0.15) is 23.9 Å². The van der Waals surface area contributed by atoms with Crippen LogP contribution in [0, 0.1) is 0 Å². The summed E-state index contributed by atoms with van der Waals surface area (Å²) in [6.45, 7) is 2.41. The number of anilines is 1. The maximum atomic E-state index is 12.7. The molecule has 0 saturated heterocycles. The fourth-order valence-corrected chi connectivity index (χ4v) is 2.32. The second kappa shape index (κ2) is 6.09. The topological polar surface area (TPSA) is 29.9 Å². The van der Waals surface area contributed by atoms with Gasteiger partial charge in [-0.3, -0.25) is 4.68 Å². The average molecular weight is 362 g/mol. The number of alkyl halides is 3. The summed E-state index contributed by atoms with van der Waals surface area (Å²) in [6, 6.07) is 5.48. The Hall–Kier alpha value is -1.50. The average Bonchev–Trinajstić information content (AvgIpc) is 2.77. The van der Waals surface area contributed by atoms with Gasteiger partial charge in [0.05, 0.1) is 23.5 Å². The van der Waals surface area contributed by atoms with Gasteiger partial charge in [0.15, 0.2) is 0 Å². The highest BCUT2D eigenvalue weighted by Crippen LogP contribution is 2.34. The first-order chi connectivity index (χ1) is 9.81. The molecule has 0 saturated carbocycles. The van der Waals surface area contributed by atoms with E-state index in [1.165, 1.54) is 6.07 Å². The van der Waals surface area contributed by atoms with Crippen LogP contribution in [0.5, 0.6) is 0 Å². The lowest BCUT2D eigenvalue weighted by Crippen LogP contribution is -2.08. The summed E-state index contributed by atoms with van der Waals surface area (Å²) in [5, 5.41) is 7.32. The highest BCUT2D eigenvalue weighted by molar-refractivity contribution is 9.10. The lowest BCUT2D eigenvalue weighted by molar-refractivity contribution is -0.137. The minimum absolute atomic E-state index is 0.406. The normalized spacial score (nSPS) is 11.7. The van der Waals surface area contributed by atoms with Crippen LogP contribution in [-0.4, -0.2) is 9.78 Å². The molecule has 7 heteroatoms. The molecular weight excluding hydrogens is 347 g/mol. The molecule has 21 heavy (non-hydrogen) atoms. The third kappa shape index (κ3) is 3.78. The minimum Gasteiger partial charge on any atom is -0.378 e. The molecule has 114 valence electrons. The summed E-state index contributed by atoms with van der Waals surface area (Å²) in [5.41, 5.74) is 1.60. The van der Waals surface area contributed by atoms with Crippen molar-refractivity contribution in [2.24, 2.45) is 7.05 Å². The van der Waals surface area contributed by atoms with Crippen LogP contribution in [0.2, 0.25) is 0 Å². The van der Waals surface area contributed by atoms with Gasteiger partial charge in [0.1, 0.15) is 0 Å². The molecular formula is C14H15BrF3N3. The van der Waals surface area contributed by atoms with Crippen LogP contribution in [0.25, 0.3) is 0 Å². The summed E-state index contributed by atoms with van der Waals surface area (Å²) in [4.78, 5) is 0. The Morgan fingerprint density at radius 2 is 2.00 bits per heavy atom. The molecule has 0 radical (unpaired) electrons. The SMILES string of the molecule is CCc1cc(CNc2cc(C(F)(F)F)ccc2Br)n(C)n1. The third-order valence-corrected chi connectivity index (χ3v) is 3.83. The van der Waals surface area contributed by atoms with Crippen molar-refractivity contribution in [1.82, 2.24) is 9.78 Å². The van der Waals surface area contributed by atoms with Gasteiger partial charge >= 0.3 is 6.18 Å². The second-order valence-electron chi connectivity index (χ2n) is 4.65. The Morgan fingerprint density at radius 1 is 1.29 bits per heavy atom. The molecule has 3 nitrogen and oxygen atoms in total. The predicted molar refractivity (Wildman–Crippen MR) is 79.1 cm³/mol. The van der Waals surface area contributed by atoms with E-state index < -0.39 is 11.7 Å². The standard InChI is InChI=1S/C14H15BrF3N3/c1-3-10-7-11(21(2)20-10)8-19-13-6-9(14(16,17)18)4-5-12(13)15/h4-7,19H,3,8H2,1-2H3. The number of halogens is 4. The van der Waals surface area contributed by atoms with Gasteiger partial charge in [-0.25, -0.2) is 0 Å². The Kier molecular flexibility index (Phi) is 4.61. The third-order valence-electron chi connectivity index (χ3n) is 3.14. The molecule has 0 aliphatic heterocycles. The number of hydrogen-bond donors (Lipinski definition) is 1. The zero-order chi connectivity index (χ0) is 15.6. The van der Waals surface area contributed by atoms with Crippen molar-refractivity contribution in [2.45, 2.75) is 26.1 Å². The Bertz CT molecular complexity index is 635. The zero-order valence-corrected chi connectivity index (χ0v) is 13.2.